The summed E-state index contributed by atoms with van der Waals surface area (Å²) in [6.45, 7) is 5.07. The summed E-state index contributed by atoms with van der Waals surface area (Å²) in [4.78, 5) is 14.5. The summed E-state index contributed by atoms with van der Waals surface area (Å²) in [5.74, 6) is 1.17. The van der Waals surface area contributed by atoms with Crippen LogP contribution in [0.5, 0.6) is 0 Å². The van der Waals surface area contributed by atoms with Crippen molar-refractivity contribution in [1.29, 1.82) is 0 Å². The van der Waals surface area contributed by atoms with E-state index in [1.54, 1.807) is 0 Å². The maximum atomic E-state index is 12.7. The van der Waals surface area contributed by atoms with E-state index in [4.69, 9.17) is 0 Å². The molecule has 106 valence electrons. The summed E-state index contributed by atoms with van der Waals surface area (Å²) in [7, 11) is 0. The summed E-state index contributed by atoms with van der Waals surface area (Å²) in [6, 6.07) is 14.7. The number of nitrogens with zero attached hydrogens (tertiary/aromatic N) is 1. The smallest absolute Gasteiger partial charge is 0.255 e. The Labute approximate surface area is 129 Å². The van der Waals surface area contributed by atoms with Gasteiger partial charge in [-0.25, -0.2) is 0 Å². The summed E-state index contributed by atoms with van der Waals surface area (Å²) < 4.78 is 0. The van der Waals surface area contributed by atoms with Crippen molar-refractivity contribution < 1.29 is 4.79 Å². The Morgan fingerprint density at radius 3 is 2.57 bits per heavy atom. The minimum Gasteiger partial charge on any atom is -0.315 e. The van der Waals surface area contributed by atoms with Gasteiger partial charge in [-0.1, -0.05) is 47.5 Å². The first-order chi connectivity index (χ1) is 10.1. The molecule has 2 heterocycles. The zero-order valence-corrected chi connectivity index (χ0v) is 13.0. The van der Waals surface area contributed by atoms with E-state index in [9.17, 15) is 4.79 Å². The van der Waals surface area contributed by atoms with Crippen LogP contribution in [-0.2, 0) is 4.87 Å². The summed E-state index contributed by atoms with van der Waals surface area (Å²) in [5.41, 5.74) is 5.76. The van der Waals surface area contributed by atoms with Gasteiger partial charge in [-0.2, -0.15) is 0 Å². The summed E-state index contributed by atoms with van der Waals surface area (Å²) in [5, 5.41) is 0. The topological polar surface area (TPSA) is 20.3 Å². The molecule has 0 aromatic heterocycles. The Kier molecular flexibility index (Phi) is 2.70. The SMILES string of the molecule is Cc1cc(C)cc(C23SCCN2C(=O)c2ccccc23)c1. The molecule has 1 atom stereocenters. The van der Waals surface area contributed by atoms with Crippen LogP contribution >= 0.6 is 11.8 Å². The third-order valence-electron chi connectivity index (χ3n) is 4.39. The fraction of sp³-hybridized carbons (Fsp3) is 0.278. The molecular weight excluding hydrogens is 278 g/mol. The molecule has 1 unspecified atom stereocenters. The van der Waals surface area contributed by atoms with Gasteiger partial charge < -0.3 is 4.90 Å². The minimum atomic E-state index is -0.315. The molecule has 0 N–H and O–H groups in total. The Morgan fingerprint density at radius 1 is 1.10 bits per heavy atom. The number of hydrogen-bond donors (Lipinski definition) is 0. The van der Waals surface area contributed by atoms with Crippen molar-refractivity contribution in [3.8, 4) is 0 Å². The van der Waals surface area contributed by atoms with Crippen LogP contribution in [0.25, 0.3) is 0 Å². The molecule has 1 saturated heterocycles. The van der Waals surface area contributed by atoms with E-state index in [1.807, 2.05) is 30.0 Å². The second-order valence-electron chi connectivity index (χ2n) is 5.87. The second-order valence-corrected chi connectivity index (χ2v) is 7.16. The molecule has 2 aromatic carbocycles. The summed E-state index contributed by atoms with van der Waals surface area (Å²) >= 11 is 1.88. The third-order valence-corrected chi connectivity index (χ3v) is 5.87. The van der Waals surface area contributed by atoms with Crippen LogP contribution in [0.3, 0.4) is 0 Å². The Balaban J connectivity index is 2.02. The molecule has 1 amide bonds. The third kappa shape index (κ3) is 1.64. The molecule has 0 bridgehead atoms. The van der Waals surface area contributed by atoms with Gasteiger partial charge in [0.1, 0.15) is 4.87 Å². The fourth-order valence-corrected chi connectivity index (χ4v) is 5.18. The number of aryl methyl sites for hydroxylation is 2. The molecule has 2 aliphatic heterocycles. The highest BCUT2D eigenvalue weighted by Crippen LogP contribution is 2.55. The second kappa shape index (κ2) is 4.38. The standard InChI is InChI=1S/C18H17NOS/c1-12-9-13(2)11-14(10-12)18-16-6-4-3-5-15(16)17(20)19(18)7-8-21-18/h3-6,9-11H,7-8H2,1-2H3. The van der Waals surface area contributed by atoms with E-state index in [2.05, 4.69) is 43.0 Å². The van der Waals surface area contributed by atoms with Crippen LogP contribution < -0.4 is 0 Å². The Bertz CT molecular complexity index is 734. The van der Waals surface area contributed by atoms with E-state index in [-0.39, 0.29) is 10.8 Å². The average molecular weight is 295 g/mol. The predicted octanol–water partition coefficient (Wildman–Crippen LogP) is 3.71. The van der Waals surface area contributed by atoms with E-state index in [0.29, 0.717) is 0 Å². The number of carbonyl (C=O) groups excluding carboxylic acids is 1. The van der Waals surface area contributed by atoms with Gasteiger partial charge in [0.25, 0.3) is 5.91 Å². The number of amides is 1. The lowest BCUT2D eigenvalue weighted by atomic mass is 9.94. The first-order valence-corrected chi connectivity index (χ1v) is 8.26. The van der Waals surface area contributed by atoms with Gasteiger partial charge in [0.15, 0.2) is 0 Å². The van der Waals surface area contributed by atoms with Gasteiger partial charge >= 0.3 is 0 Å². The highest BCUT2D eigenvalue weighted by molar-refractivity contribution is 8.00. The lowest BCUT2D eigenvalue weighted by molar-refractivity contribution is 0.0752. The molecule has 0 saturated carbocycles. The maximum absolute atomic E-state index is 12.7. The van der Waals surface area contributed by atoms with E-state index in [1.165, 1.54) is 16.7 Å². The predicted molar refractivity (Wildman–Crippen MR) is 86.6 cm³/mol. The zero-order valence-electron chi connectivity index (χ0n) is 12.2. The number of hydrogen-bond acceptors (Lipinski definition) is 2. The lowest BCUT2D eigenvalue weighted by Crippen LogP contribution is -2.37. The van der Waals surface area contributed by atoms with Crippen LogP contribution in [0.2, 0.25) is 0 Å². The molecule has 21 heavy (non-hydrogen) atoms. The largest absolute Gasteiger partial charge is 0.315 e. The number of benzene rings is 2. The number of rotatable bonds is 1. The Morgan fingerprint density at radius 2 is 1.81 bits per heavy atom. The molecule has 3 heteroatoms. The van der Waals surface area contributed by atoms with Crippen LogP contribution in [0.15, 0.2) is 42.5 Å². The van der Waals surface area contributed by atoms with Gasteiger partial charge in [-0.05, 0) is 25.5 Å². The van der Waals surface area contributed by atoms with E-state index >= 15 is 0 Å². The molecule has 2 aromatic rings. The maximum Gasteiger partial charge on any atom is 0.255 e. The van der Waals surface area contributed by atoms with Crippen molar-refractivity contribution in [1.82, 2.24) is 4.90 Å². The molecule has 2 nitrogen and oxygen atoms in total. The van der Waals surface area contributed by atoms with Gasteiger partial charge in [-0.15, -0.1) is 11.8 Å². The number of carbonyl (C=O) groups is 1. The number of fused-ring (bicyclic) bond motifs is 3. The van der Waals surface area contributed by atoms with Gasteiger partial charge in [0, 0.05) is 23.4 Å². The normalized spacial score (nSPS) is 23.3. The van der Waals surface area contributed by atoms with Crippen molar-refractivity contribution >= 4 is 17.7 Å². The molecule has 4 rings (SSSR count). The lowest BCUT2D eigenvalue weighted by Gasteiger charge is -2.33. The van der Waals surface area contributed by atoms with Crippen molar-refractivity contribution in [2.45, 2.75) is 18.7 Å². The summed E-state index contributed by atoms with van der Waals surface area (Å²) in [6.07, 6.45) is 0. The van der Waals surface area contributed by atoms with E-state index < -0.39 is 0 Å². The fourth-order valence-electron chi connectivity index (χ4n) is 3.66. The van der Waals surface area contributed by atoms with Crippen molar-refractivity contribution in [2.75, 3.05) is 12.3 Å². The van der Waals surface area contributed by atoms with Crippen molar-refractivity contribution in [3.05, 3.63) is 70.3 Å². The minimum absolute atomic E-state index is 0.176. The van der Waals surface area contributed by atoms with Crippen LogP contribution in [-0.4, -0.2) is 23.1 Å². The zero-order chi connectivity index (χ0) is 14.6. The highest BCUT2D eigenvalue weighted by atomic mass is 32.2. The molecular formula is C18H17NOS. The molecule has 0 radical (unpaired) electrons. The molecule has 1 fully saturated rings. The van der Waals surface area contributed by atoms with E-state index in [0.717, 1.165) is 23.4 Å². The van der Waals surface area contributed by atoms with Gasteiger partial charge in [0.05, 0.1) is 0 Å². The molecule has 2 aliphatic rings. The van der Waals surface area contributed by atoms with Crippen molar-refractivity contribution in [2.24, 2.45) is 0 Å². The van der Waals surface area contributed by atoms with Crippen LogP contribution in [0.4, 0.5) is 0 Å². The Hall–Kier alpha value is -1.74. The quantitative estimate of drug-likeness (QED) is 0.799. The first-order valence-electron chi connectivity index (χ1n) is 7.27. The van der Waals surface area contributed by atoms with Crippen LogP contribution in [0.1, 0.15) is 32.6 Å². The average Bonchev–Trinajstić information content (AvgIpc) is 2.99. The first kappa shape index (κ1) is 13.0. The molecule has 0 aliphatic carbocycles. The molecule has 0 spiro atoms. The van der Waals surface area contributed by atoms with Crippen LogP contribution in [0, 0.1) is 13.8 Å². The van der Waals surface area contributed by atoms with Gasteiger partial charge in [0.2, 0.25) is 0 Å². The highest BCUT2D eigenvalue weighted by Gasteiger charge is 2.54. The van der Waals surface area contributed by atoms with Gasteiger partial charge in [-0.3, -0.25) is 4.79 Å². The monoisotopic (exact) mass is 295 g/mol. The number of thioether (sulfide) groups is 1. The van der Waals surface area contributed by atoms with Crippen molar-refractivity contribution in [3.63, 3.8) is 0 Å².